The Morgan fingerprint density at radius 2 is 1.71 bits per heavy atom. The lowest BCUT2D eigenvalue weighted by molar-refractivity contribution is -0.180. The summed E-state index contributed by atoms with van der Waals surface area (Å²) in [5.41, 5.74) is 0.0729. The maximum absolute atomic E-state index is 14.0. The quantitative estimate of drug-likeness (QED) is 0.305. The molecule has 1 aromatic rings. The molecule has 1 aliphatic carbocycles. The average Bonchev–Trinajstić information content (AvgIpc) is 2.75. The van der Waals surface area contributed by atoms with Crippen molar-refractivity contribution in [3.05, 3.63) is 41.7 Å². The Kier molecular flexibility index (Phi) is 8.79. The van der Waals surface area contributed by atoms with E-state index in [-0.39, 0.29) is 5.56 Å². The Morgan fingerprint density at radius 3 is 2.29 bits per heavy atom. The van der Waals surface area contributed by atoms with Crippen molar-refractivity contribution in [2.75, 3.05) is 13.2 Å². The molecule has 1 aliphatic heterocycles. The molecule has 2 aliphatic rings. The third-order valence-electron chi connectivity index (χ3n) is 5.92. The van der Waals surface area contributed by atoms with E-state index in [0.29, 0.717) is 37.4 Å². The molecule has 1 aromatic carbocycles. The molecule has 1 saturated heterocycles. The number of hydrogen-bond donors (Lipinski definition) is 0. The molecule has 3 rings (SSSR count). The van der Waals surface area contributed by atoms with Gasteiger partial charge in [0.1, 0.15) is 0 Å². The van der Waals surface area contributed by atoms with Crippen LogP contribution in [0, 0.1) is 41.2 Å². The lowest BCUT2D eigenvalue weighted by Crippen LogP contribution is -2.36. The van der Waals surface area contributed by atoms with E-state index in [0.717, 1.165) is 18.1 Å². The fourth-order valence-corrected chi connectivity index (χ4v) is 4.28. The highest BCUT2D eigenvalue weighted by Gasteiger charge is 2.31. The minimum absolute atomic E-state index is 0.0729. The predicted octanol–water partition coefficient (Wildman–Crippen LogP) is 6.07. The zero-order chi connectivity index (χ0) is 22.2. The number of benzene rings is 1. The largest absolute Gasteiger partial charge is 0.459 e. The summed E-state index contributed by atoms with van der Waals surface area (Å²) >= 11 is 0. The Hall–Kier alpha value is -2.04. The monoisotopic (exact) mass is 440 g/mol. The van der Waals surface area contributed by atoms with Crippen LogP contribution in [0.4, 0.5) is 17.6 Å². The van der Waals surface area contributed by atoms with Crippen LogP contribution in [0.25, 0.3) is 0 Å². The summed E-state index contributed by atoms with van der Waals surface area (Å²) in [6.45, 7) is 3.36. The van der Waals surface area contributed by atoms with Gasteiger partial charge in [-0.05, 0) is 42.7 Å². The minimum Gasteiger partial charge on any atom is -0.459 e. The Balaban J connectivity index is 1.51. The van der Waals surface area contributed by atoms with Gasteiger partial charge in [-0.15, -0.1) is 0 Å². The zero-order valence-corrected chi connectivity index (χ0v) is 17.6. The van der Waals surface area contributed by atoms with E-state index in [4.69, 9.17) is 9.47 Å². The average molecular weight is 440 g/mol. The fraction of sp³-hybridized carbons (Fsp3) is 0.583. The Morgan fingerprint density at radius 1 is 1.06 bits per heavy atom. The number of halogens is 4. The SMILES string of the molecule is CCCC1CCC(C2COC(C#Cc3cc(F)c(OC=CC(F)F)c(F)c3)OC2)CC1. The molecule has 2 fully saturated rings. The highest BCUT2D eigenvalue weighted by molar-refractivity contribution is 5.41. The molecule has 0 bridgehead atoms. The van der Waals surface area contributed by atoms with Gasteiger partial charge in [0, 0.05) is 17.6 Å². The lowest BCUT2D eigenvalue weighted by atomic mass is 9.75. The second-order valence-corrected chi connectivity index (χ2v) is 8.15. The van der Waals surface area contributed by atoms with E-state index in [9.17, 15) is 17.6 Å². The first-order chi connectivity index (χ1) is 15.0. The van der Waals surface area contributed by atoms with Gasteiger partial charge in [0.25, 0.3) is 6.43 Å². The van der Waals surface area contributed by atoms with Gasteiger partial charge >= 0.3 is 0 Å². The molecule has 1 saturated carbocycles. The summed E-state index contributed by atoms with van der Waals surface area (Å²) in [5, 5.41) is 0. The molecule has 0 atom stereocenters. The number of hydrogen-bond acceptors (Lipinski definition) is 3. The van der Waals surface area contributed by atoms with E-state index in [2.05, 4.69) is 23.5 Å². The molecular weight excluding hydrogens is 412 g/mol. The van der Waals surface area contributed by atoms with Crippen LogP contribution in [-0.2, 0) is 9.47 Å². The summed E-state index contributed by atoms with van der Waals surface area (Å²) in [6.07, 6.45) is 4.91. The molecule has 7 heteroatoms. The van der Waals surface area contributed by atoms with Crippen molar-refractivity contribution in [1.29, 1.82) is 0 Å². The minimum atomic E-state index is -2.78. The molecular formula is C24H28F4O3. The summed E-state index contributed by atoms with van der Waals surface area (Å²) in [5.74, 6) is 4.36. The van der Waals surface area contributed by atoms with Crippen molar-refractivity contribution >= 4 is 0 Å². The molecule has 0 spiro atoms. The molecule has 0 unspecified atom stereocenters. The highest BCUT2D eigenvalue weighted by Crippen LogP contribution is 2.36. The van der Waals surface area contributed by atoms with Crippen LogP contribution >= 0.6 is 0 Å². The van der Waals surface area contributed by atoms with Crippen molar-refractivity contribution in [1.82, 2.24) is 0 Å². The van der Waals surface area contributed by atoms with Gasteiger partial charge in [0.2, 0.25) is 6.29 Å². The predicted molar refractivity (Wildman–Crippen MR) is 109 cm³/mol. The van der Waals surface area contributed by atoms with Crippen LogP contribution in [0.15, 0.2) is 24.5 Å². The molecule has 1 heterocycles. The summed E-state index contributed by atoms with van der Waals surface area (Å²) in [6, 6.07) is 1.95. The first-order valence-electron chi connectivity index (χ1n) is 10.8. The van der Waals surface area contributed by atoms with Gasteiger partial charge in [-0.1, -0.05) is 38.5 Å². The molecule has 0 radical (unpaired) electrons. The summed E-state index contributed by atoms with van der Waals surface area (Å²) in [7, 11) is 0. The smallest absolute Gasteiger partial charge is 0.260 e. The van der Waals surface area contributed by atoms with Crippen molar-refractivity contribution in [3.63, 3.8) is 0 Å². The maximum atomic E-state index is 14.0. The van der Waals surface area contributed by atoms with Crippen LogP contribution in [0.1, 0.15) is 51.0 Å². The van der Waals surface area contributed by atoms with Crippen molar-refractivity contribution in [2.45, 2.75) is 58.2 Å². The van der Waals surface area contributed by atoms with Crippen LogP contribution in [0.3, 0.4) is 0 Å². The number of allylic oxidation sites excluding steroid dienone is 1. The van der Waals surface area contributed by atoms with Gasteiger partial charge in [-0.25, -0.2) is 17.6 Å². The van der Waals surface area contributed by atoms with Crippen LogP contribution in [-0.4, -0.2) is 25.9 Å². The van der Waals surface area contributed by atoms with Crippen molar-refractivity contribution in [2.24, 2.45) is 17.8 Å². The maximum Gasteiger partial charge on any atom is 0.260 e. The summed E-state index contributed by atoms with van der Waals surface area (Å²) in [4.78, 5) is 0. The van der Waals surface area contributed by atoms with E-state index >= 15 is 0 Å². The van der Waals surface area contributed by atoms with Gasteiger partial charge in [0.15, 0.2) is 17.4 Å². The fourth-order valence-electron chi connectivity index (χ4n) is 4.28. The molecule has 3 nitrogen and oxygen atoms in total. The van der Waals surface area contributed by atoms with Gasteiger partial charge in [-0.2, -0.15) is 0 Å². The van der Waals surface area contributed by atoms with Gasteiger partial charge in [-0.3, -0.25) is 0 Å². The lowest BCUT2D eigenvalue weighted by Gasteiger charge is -2.36. The zero-order valence-electron chi connectivity index (χ0n) is 17.6. The normalized spacial score (nSPS) is 26.6. The topological polar surface area (TPSA) is 27.7 Å². The van der Waals surface area contributed by atoms with E-state index in [1.807, 2.05) is 0 Å². The highest BCUT2D eigenvalue weighted by atomic mass is 19.3. The second kappa shape index (κ2) is 11.5. The van der Waals surface area contributed by atoms with Gasteiger partial charge in [0.05, 0.1) is 19.5 Å². The van der Waals surface area contributed by atoms with Crippen LogP contribution < -0.4 is 4.74 Å². The first-order valence-corrected chi connectivity index (χ1v) is 10.8. The second-order valence-electron chi connectivity index (χ2n) is 8.15. The Labute approximate surface area is 180 Å². The number of rotatable bonds is 6. The van der Waals surface area contributed by atoms with E-state index < -0.39 is 30.1 Å². The standard InChI is InChI=1S/C24H28F4O3/c1-2-3-16-4-7-18(8-5-16)19-14-30-23(31-15-19)9-6-17-12-20(25)24(21(26)13-17)29-11-10-22(27)28/h10-13,16,18-19,22-23H,2-5,7-8,14-15H2,1H3. The molecule has 0 amide bonds. The summed E-state index contributed by atoms with van der Waals surface area (Å²) < 4.78 is 68.2. The molecule has 170 valence electrons. The number of ether oxygens (including phenoxy) is 3. The van der Waals surface area contributed by atoms with Crippen LogP contribution in [0.2, 0.25) is 0 Å². The van der Waals surface area contributed by atoms with Crippen LogP contribution in [0.5, 0.6) is 5.75 Å². The van der Waals surface area contributed by atoms with E-state index in [1.165, 1.54) is 38.5 Å². The number of alkyl halides is 2. The first kappa shape index (κ1) is 23.6. The molecule has 0 N–H and O–H groups in total. The molecule has 31 heavy (non-hydrogen) atoms. The van der Waals surface area contributed by atoms with Crippen molar-refractivity contribution in [3.8, 4) is 17.6 Å². The third-order valence-corrected chi connectivity index (χ3v) is 5.92. The van der Waals surface area contributed by atoms with E-state index in [1.54, 1.807) is 0 Å². The third kappa shape index (κ3) is 6.98. The van der Waals surface area contributed by atoms with Crippen molar-refractivity contribution < 1.29 is 31.8 Å². The van der Waals surface area contributed by atoms with Gasteiger partial charge < -0.3 is 14.2 Å². The Bertz CT molecular complexity index is 776. The molecule has 0 aromatic heterocycles.